The zero-order chi connectivity index (χ0) is 35.6. The molecule has 1 aliphatic carbocycles. The van der Waals surface area contributed by atoms with Gasteiger partial charge in [-0.15, -0.1) is 0 Å². The standard InChI is InChI=1S/C50H31N3O/c1-3-16-33(17-4-1)47-51-48(34-18-5-2-6-19-34)53-49(52-47)46-36-20-8-7-15-32(36)27-29-37(46)35-28-30-45-43(31-35)50(42-25-13-14-26-44(42)54-45)40-23-11-9-21-38(40)39-22-10-12-24-41(39)50/h1-31H. The van der Waals surface area contributed by atoms with Crippen molar-refractivity contribution in [3.8, 4) is 67.9 Å². The second-order valence-corrected chi connectivity index (χ2v) is 13.9. The van der Waals surface area contributed by atoms with Gasteiger partial charge in [-0.05, 0) is 62.4 Å². The zero-order valence-corrected chi connectivity index (χ0v) is 29.1. The lowest BCUT2D eigenvalue weighted by Gasteiger charge is -2.39. The average Bonchev–Trinajstić information content (AvgIpc) is 3.54. The molecule has 8 aromatic carbocycles. The average molecular weight is 690 g/mol. The van der Waals surface area contributed by atoms with Crippen LogP contribution in [0.2, 0.25) is 0 Å². The summed E-state index contributed by atoms with van der Waals surface area (Å²) in [5, 5.41) is 2.19. The first-order chi connectivity index (χ1) is 26.8. The lowest BCUT2D eigenvalue weighted by atomic mass is 9.65. The van der Waals surface area contributed by atoms with Crippen LogP contribution in [-0.2, 0) is 5.41 Å². The molecule has 0 radical (unpaired) electrons. The van der Waals surface area contributed by atoms with Crippen molar-refractivity contribution in [1.82, 2.24) is 15.0 Å². The first kappa shape index (κ1) is 30.5. The minimum Gasteiger partial charge on any atom is -0.457 e. The third-order valence-electron chi connectivity index (χ3n) is 11.0. The highest BCUT2D eigenvalue weighted by atomic mass is 16.5. The molecule has 1 aromatic heterocycles. The van der Waals surface area contributed by atoms with Crippen LogP contribution in [0.5, 0.6) is 11.5 Å². The highest BCUT2D eigenvalue weighted by Gasteiger charge is 2.51. The molecule has 0 saturated carbocycles. The van der Waals surface area contributed by atoms with E-state index in [0.717, 1.165) is 61.2 Å². The molecule has 2 aliphatic rings. The van der Waals surface area contributed by atoms with Gasteiger partial charge >= 0.3 is 0 Å². The summed E-state index contributed by atoms with van der Waals surface area (Å²) in [6.45, 7) is 0. The van der Waals surface area contributed by atoms with Crippen molar-refractivity contribution in [3.63, 3.8) is 0 Å². The number of hydrogen-bond donors (Lipinski definition) is 0. The maximum absolute atomic E-state index is 6.77. The predicted octanol–water partition coefficient (Wildman–Crippen LogP) is 12.2. The van der Waals surface area contributed by atoms with E-state index in [1.807, 2.05) is 36.4 Å². The zero-order valence-electron chi connectivity index (χ0n) is 29.1. The molecule has 0 unspecified atom stereocenters. The van der Waals surface area contributed by atoms with E-state index >= 15 is 0 Å². The molecular weight excluding hydrogens is 659 g/mol. The number of hydrogen-bond acceptors (Lipinski definition) is 4. The van der Waals surface area contributed by atoms with E-state index in [-0.39, 0.29) is 0 Å². The van der Waals surface area contributed by atoms with Gasteiger partial charge in [-0.2, -0.15) is 0 Å². The molecule has 4 nitrogen and oxygen atoms in total. The normalized spacial score (nSPS) is 13.1. The molecule has 0 fully saturated rings. The molecule has 0 saturated heterocycles. The van der Waals surface area contributed by atoms with Gasteiger partial charge in [-0.1, -0.05) is 170 Å². The Labute approximate surface area is 313 Å². The lowest BCUT2D eigenvalue weighted by Crippen LogP contribution is -2.32. The van der Waals surface area contributed by atoms with Gasteiger partial charge in [0.2, 0.25) is 0 Å². The van der Waals surface area contributed by atoms with Crippen LogP contribution < -0.4 is 4.74 Å². The molecule has 1 aliphatic heterocycles. The fourth-order valence-corrected chi connectivity index (χ4v) is 8.70. The predicted molar refractivity (Wildman–Crippen MR) is 216 cm³/mol. The maximum Gasteiger partial charge on any atom is 0.165 e. The second kappa shape index (κ2) is 11.9. The number of para-hydroxylation sites is 1. The fourth-order valence-electron chi connectivity index (χ4n) is 8.70. The molecule has 1 spiro atoms. The fraction of sp³-hybridized carbons (Fsp3) is 0.0200. The number of aromatic nitrogens is 3. The number of fused-ring (bicyclic) bond motifs is 10. The van der Waals surface area contributed by atoms with Crippen LogP contribution in [0.1, 0.15) is 22.3 Å². The molecule has 0 amide bonds. The van der Waals surface area contributed by atoms with E-state index in [9.17, 15) is 0 Å². The van der Waals surface area contributed by atoms with E-state index in [1.165, 1.54) is 22.3 Å². The Morgan fingerprint density at radius 3 is 1.57 bits per heavy atom. The van der Waals surface area contributed by atoms with Gasteiger partial charge in [0.15, 0.2) is 17.5 Å². The minimum atomic E-state index is -0.571. The summed E-state index contributed by atoms with van der Waals surface area (Å²) in [7, 11) is 0. The van der Waals surface area contributed by atoms with Crippen LogP contribution in [0, 0.1) is 0 Å². The number of benzene rings is 8. The third-order valence-corrected chi connectivity index (χ3v) is 11.0. The number of ether oxygens (including phenoxy) is 1. The summed E-state index contributed by atoms with van der Waals surface area (Å²) in [6.07, 6.45) is 0. The second-order valence-electron chi connectivity index (χ2n) is 13.9. The molecular formula is C50H31N3O. The molecule has 9 aromatic rings. The SMILES string of the molecule is c1ccc(-c2nc(-c3ccccc3)nc(-c3c(-c4ccc5c(c4)C4(c6ccccc6O5)c5ccccc5-c5ccccc54)ccc4ccccc34)n2)cc1. The van der Waals surface area contributed by atoms with Gasteiger partial charge in [0.1, 0.15) is 11.5 Å². The van der Waals surface area contributed by atoms with Crippen LogP contribution >= 0.6 is 0 Å². The van der Waals surface area contributed by atoms with Gasteiger partial charge in [0, 0.05) is 27.8 Å². The highest BCUT2D eigenvalue weighted by molar-refractivity contribution is 6.03. The summed E-state index contributed by atoms with van der Waals surface area (Å²) in [4.78, 5) is 15.5. The van der Waals surface area contributed by atoms with Gasteiger partial charge < -0.3 is 4.74 Å². The molecule has 0 bridgehead atoms. The van der Waals surface area contributed by atoms with Crippen molar-refractivity contribution in [2.75, 3.05) is 0 Å². The van der Waals surface area contributed by atoms with E-state index in [0.29, 0.717) is 17.5 Å². The van der Waals surface area contributed by atoms with Crippen molar-refractivity contribution >= 4 is 10.8 Å². The largest absolute Gasteiger partial charge is 0.457 e. The van der Waals surface area contributed by atoms with Crippen molar-refractivity contribution in [2.24, 2.45) is 0 Å². The molecule has 0 atom stereocenters. The summed E-state index contributed by atoms with van der Waals surface area (Å²) in [5.74, 6) is 3.62. The van der Waals surface area contributed by atoms with Gasteiger partial charge in [-0.3, -0.25) is 0 Å². The van der Waals surface area contributed by atoms with E-state index in [2.05, 4.69) is 152 Å². The van der Waals surface area contributed by atoms with Gasteiger partial charge in [-0.25, -0.2) is 15.0 Å². The lowest BCUT2D eigenvalue weighted by molar-refractivity contribution is 0.436. The molecule has 11 rings (SSSR count). The van der Waals surface area contributed by atoms with Crippen molar-refractivity contribution in [3.05, 3.63) is 210 Å². The maximum atomic E-state index is 6.77. The van der Waals surface area contributed by atoms with Crippen molar-refractivity contribution < 1.29 is 4.74 Å². The quantitative estimate of drug-likeness (QED) is 0.185. The Morgan fingerprint density at radius 1 is 0.352 bits per heavy atom. The smallest absolute Gasteiger partial charge is 0.165 e. The molecule has 54 heavy (non-hydrogen) atoms. The van der Waals surface area contributed by atoms with E-state index in [1.54, 1.807) is 0 Å². The van der Waals surface area contributed by atoms with Crippen LogP contribution in [0.25, 0.3) is 67.2 Å². The summed E-state index contributed by atoms with van der Waals surface area (Å²) in [6, 6.07) is 66.1. The molecule has 0 N–H and O–H groups in total. The number of rotatable bonds is 4. The van der Waals surface area contributed by atoms with Gasteiger partial charge in [0.25, 0.3) is 0 Å². The van der Waals surface area contributed by atoms with E-state index in [4.69, 9.17) is 19.7 Å². The molecule has 2 heterocycles. The topological polar surface area (TPSA) is 47.9 Å². The van der Waals surface area contributed by atoms with Crippen LogP contribution in [0.3, 0.4) is 0 Å². The van der Waals surface area contributed by atoms with Crippen LogP contribution in [0.15, 0.2) is 188 Å². The third kappa shape index (κ3) is 4.47. The summed E-state index contributed by atoms with van der Waals surface area (Å²) in [5.41, 5.74) is 11.6. The number of nitrogens with zero attached hydrogens (tertiary/aromatic N) is 3. The van der Waals surface area contributed by atoms with E-state index < -0.39 is 5.41 Å². The summed E-state index contributed by atoms with van der Waals surface area (Å²) < 4.78 is 6.77. The van der Waals surface area contributed by atoms with Crippen molar-refractivity contribution in [1.29, 1.82) is 0 Å². The summed E-state index contributed by atoms with van der Waals surface area (Å²) >= 11 is 0. The van der Waals surface area contributed by atoms with Crippen LogP contribution in [0.4, 0.5) is 0 Å². The molecule has 4 heteroatoms. The van der Waals surface area contributed by atoms with Crippen LogP contribution in [-0.4, -0.2) is 15.0 Å². The Hall–Kier alpha value is -7.17. The molecule has 252 valence electrons. The first-order valence-corrected chi connectivity index (χ1v) is 18.3. The van der Waals surface area contributed by atoms with Gasteiger partial charge in [0.05, 0.1) is 5.41 Å². The minimum absolute atomic E-state index is 0.571. The Kier molecular flexibility index (Phi) is 6.73. The Morgan fingerprint density at radius 2 is 0.889 bits per heavy atom. The Balaban J connectivity index is 1.20. The first-order valence-electron chi connectivity index (χ1n) is 18.3. The highest BCUT2D eigenvalue weighted by Crippen LogP contribution is 2.62. The van der Waals surface area contributed by atoms with Crippen molar-refractivity contribution in [2.45, 2.75) is 5.41 Å². The Bertz CT molecular complexity index is 2820. The monoisotopic (exact) mass is 689 g/mol.